The van der Waals surface area contributed by atoms with E-state index in [9.17, 15) is 13.0 Å². The molecule has 0 spiro atoms. The van der Waals surface area contributed by atoms with E-state index in [1.807, 2.05) is 0 Å². The minimum atomic E-state index is -4.41. The van der Waals surface area contributed by atoms with Gasteiger partial charge in [-0.05, 0) is 19.3 Å². The largest absolute Gasteiger partial charge is 0.726 e. The molecule has 1 heterocycles. The van der Waals surface area contributed by atoms with Gasteiger partial charge in [0.2, 0.25) is 10.4 Å². The predicted molar refractivity (Wildman–Crippen MR) is 58.5 cm³/mol. The van der Waals surface area contributed by atoms with Gasteiger partial charge >= 0.3 is 0 Å². The summed E-state index contributed by atoms with van der Waals surface area (Å²) < 4.78 is 31.0. The summed E-state index contributed by atoms with van der Waals surface area (Å²) in [6.45, 7) is 4.24. The standard InChI is InChI=1S/C6H13N.C2H3N.CH4O4S/c1-7-5-3-2-4-6-7;1-2-3;1-5-6(2,3)4/h2-6H2,1H3;1H3;1H3,(H,2,3,4). The first kappa shape index (κ1) is 17.7. The fraction of sp³-hybridized carbons (Fsp3) is 0.889. The summed E-state index contributed by atoms with van der Waals surface area (Å²) in [4.78, 5) is 1.71. The van der Waals surface area contributed by atoms with Crippen molar-refractivity contribution < 1.29 is 22.1 Å². The summed E-state index contributed by atoms with van der Waals surface area (Å²) >= 11 is 0. The fourth-order valence-corrected chi connectivity index (χ4v) is 1.16. The summed E-state index contributed by atoms with van der Waals surface area (Å²) in [6.07, 6.45) is 4.37. The molecule has 1 fully saturated rings. The van der Waals surface area contributed by atoms with Crippen LogP contribution in [0.4, 0.5) is 0 Å². The zero-order chi connectivity index (χ0) is 13.0. The first-order valence-electron chi connectivity index (χ1n) is 5.01. The maximum absolute atomic E-state index is 9.22. The second-order valence-electron chi connectivity index (χ2n) is 3.32. The molecule has 0 radical (unpaired) electrons. The highest BCUT2D eigenvalue weighted by Crippen LogP contribution is 1.92. The summed E-state index contributed by atoms with van der Waals surface area (Å²) in [6, 6.07) is 1.75. The van der Waals surface area contributed by atoms with E-state index < -0.39 is 10.4 Å². The molecule has 0 saturated carbocycles. The molecule has 0 aromatic carbocycles. The molecule has 16 heavy (non-hydrogen) atoms. The quantitative estimate of drug-likeness (QED) is 0.492. The van der Waals surface area contributed by atoms with Crippen molar-refractivity contribution in [2.75, 3.05) is 27.2 Å². The van der Waals surface area contributed by atoms with Crippen molar-refractivity contribution in [2.45, 2.75) is 26.2 Å². The van der Waals surface area contributed by atoms with E-state index in [4.69, 9.17) is 5.26 Å². The molecule has 0 aliphatic carbocycles. The lowest BCUT2D eigenvalue weighted by molar-refractivity contribution is -0.884. The highest BCUT2D eigenvalue weighted by molar-refractivity contribution is 7.80. The molecule has 1 saturated heterocycles. The Hall–Kier alpha value is -0.680. The van der Waals surface area contributed by atoms with Crippen LogP contribution < -0.4 is 4.90 Å². The summed E-state index contributed by atoms with van der Waals surface area (Å²) in [5.41, 5.74) is 0. The number of nitrogens with one attached hydrogen (secondary N) is 1. The molecule has 0 aromatic heterocycles. The number of likely N-dealkylation sites (tertiary alicyclic amines) is 1. The highest BCUT2D eigenvalue weighted by Gasteiger charge is 2.05. The van der Waals surface area contributed by atoms with E-state index in [0.29, 0.717) is 0 Å². The van der Waals surface area contributed by atoms with Crippen LogP contribution in [-0.2, 0) is 14.6 Å². The van der Waals surface area contributed by atoms with Gasteiger partial charge in [-0.3, -0.25) is 4.18 Å². The van der Waals surface area contributed by atoms with E-state index in [1.54, 1.807) is 11.0 Å². The topological polar surface area (TPSA) is 94.7 Å². The molecule has 1 aliphatic rings. The average molecular weight is 252 g/mol. The molecule has 0 unspecified atom stereocenters. The summed E-state index contributed by atoms with van der Waals surface area (Å²) in [5, 5.41) is 7.32. The van der Waals surface area contributed by atoms with Crippen molar-refractivity contribution in [3.8, 4) is 6.07 Å². The van der Waals surface area contributed by atoms with Gasteiger partial charge in [-0.15, -0.1) is 0 Å². The molecular weight excluding hydrogens is 232 g/mol. The molecule has 0 amide bonds. The zero-order valence-corrected chi connectivity index (χ0v) is 10.8. The van der Waals surface area contributed by atoms with E-state index in [-0.39, 0.29) is 0 Å². The second-order valence-corrected chi connectivity index (χ2v) is 4.47. The van der Waals surface area contributed by atoms with Gasteiger partial charge in [0.1, 0.15) is 0 Å². The number of nitrogens with zero attached hydrogens (tertiary/aromatic N) is 1. The van der Waals surface area contributed by atoms with Crippen molar-refractivity contribution in [2.24, 2.45) is 0 Å². The van der Waals surface area contributed by atoms with E-state index >= 15 is 0 Å². The lowest BCUT2D eigenvalue weighted by Crippen LogP contribution is -3.09. The van der Waals surface area contributed by atoms with Crippen LogP contribution in [0.3, 0.4) is 0 Å². The summed E-state index contributed by atoms with van der Waals surface area (Å²) in [7, 11) is -1.33. The van der Waals surface area contributed by atoms with E-state index in [1.165, 1.54) is 39.3 Å². The first-order chi connectivity index (χ1) is 7.37. The van der Waals surface area contributed by atoms with Crippen molar-refractivity contribution in [1.82, 2.24) is 0 Å². The third-order valence-corrected chi connectivity index (χ3v) is 2.32. The Morgan fingerprint density at radius 1 is 1.31 bits per heavy atom. The van der Waals surface area contributed by atoms with Crippen molar-refractivity contribution >= 4 is 10.4 Å². The molecule has 1 aliphatic heterocycles. The van der Waals surface area contributed by atoms with Gasteiger partial charge in [-0.25, -0.2) is 8.42 Å². The van der Waals surface area contributed by atoms with Crippen LogP contribution in [0, 0.1) is 11.3 Å². The predicted octanol–water partition coefficient (Wildman–Crippen LogP) is -0.692. The number of hydrogen-bond acceptors (Lipinski definition) is 5. The van der Waals surface area contributed by atoms with Gasteiger partial charge in [0.15, 0.2) is 0 Å². The lowest BCUT2D eigenvalue weighted by atomic mass is 10.1. The van der Waals surface area contributed by atoms with Gasteiger partial charge in [0, 0.05) is 6.92 Å². The molecule has 0 bridgehead atoms. The SMILES string of the molecule is CC#N.COS(=O)(=O)[O-].C[NH+]1CCCCC1. The molecule has 7 heteroatoms. The van der Waals surface area contributed by atoms with Crippen LogP contribution in [0.5, 0.6) is 0 Å². The number of quaternary nitrogens is 1. The third kappa shape index (κ3) is 19.0. The van der Waals surface area contributed by atoms with Crippen LogP contribution in [0.2, 0.25) is 0 Å². The van der Waals surface area contributed by atoms with Crippen molar-refractivity contribution in [1.29, 1.82) is 5.26 Å². The Balaban J connectivity index is 0. The first-order valence-corrected chi connectivity index (χ1v) is 6.34. The lowest BCUT2D eigenvalue weighted by Gasteiger charge is -2.17. The second kappa shape index (κ2) is 10.8. The van der Waals surface area contributed by atoms with Crippen molar-refractivity contribution in [3.63, 3.8) is 0 Å². The zero-order valence-electron chi connectivity index (χ0n) is 10.0. The monoisotopic (exact) mass is 252 g/mol. The molecule has 6 nitrogen and oxygen atoms in total. The van der Waals surface area contributed by atoms with Crippen LogP contribution in [-0.4, -0.2) is 40.2 Å². The molecule has 1 N–H and O–H groups in total. The van der Waals surface area contributed by atoms with Gasteiger partial charge in [-0.1, -0.05) is 0 Å². The van der Waals surface area contributed by atoms with Crippen LogP contribution in [0.1, 0.15) is 26.2 Å². The Bertz CT molecular complexity index is 278. The molecule has 0 aromatic rings. The fourth-order valence-electron chi connectivity index (χ4n) is 1.16. The maximum atomic E-state index is 9.22. The minimum Gasteiger partial charge on any atom is -0.726 e. The maximum Gasteiger partial charge on any atom is 0.217 e. The Kier molecular flexibility index (Phi) is 12.0. The number of nitriles is 1. The van der Waals surface area contributed by atoms with Crippen LogP contribution >= 0.6 is 0 Å². The molecule has 1 rings (SSSR count). The van der Waals surface area contributed by atoms with E-state index in [2.05, 4.69) is 11.2 Å². The minimum absolute atomic E-state index is 0.808. The van der Waals surface area contributed by atoms with Crippen LogP contribution in [0.25, 0.3) is 0 Å². The smallest absolute Gasteiger partial charge is 0.217 e. The molecule has 96 valence electrons. The number of piperidine rings is 1. The Labute approximate surface area is 97.8 Å². The highest BCUT2D eigenvalue weighted by atomic mass is 32.3. The molecule has 0 atom stereocenters. The normalized spacial score (nSPS) is 15.9. The number of hydrogen-bond donors (Lipinski definition) is 1. The van der Waals surface area contributed by atoms with Crippen molar-refractivity contribution in [3.05, 3.63) is 0 Å². The Morgan fingerprint density at radius 2 is 1.62 bits per heavy atom. The van der Waals surface area contributed by atoms with E-state index in [0.717, 1.165) is 7.11 Å². The third-order valence-electron chi connectivity index (χ3n) is 1.91. The van der Waals surface area contributed by atoms with Gasteiger partial charge in [-0.2, -0.15) is 5.26 Å². The molecular formula is C9H20N2O4S. The average Bonchev–Trinajstić information content (AvgIpc) is 2.20. The van der Waals surface area contributed by atoms with Gasteiger partial charge in [0.05, 0.1) is 33.3 Å². The van der Waals surface area contributed by atoms with Gasteiger partial charge < -0.3 is 9.45 Å². The van der Waals surface area contributed by atoms with Crippen LogP contribution in [0.15, 0.2) is 0 Å². The Morgan fingerprint density at radius 3 is 1.75 bits per heavy atom. The summed E-state index contributed by atoms with van der Waals surface area (Å²) in [5.74, 6) is 0. The number of rotatable bonds is 1. The van der Waals surface area contributed by atoms with Gasteiger partial charge in [0.25, 0.3) is 0 Å².